The van der Waals surface area contributed by atoms with Crippen LogP contribution in [0.25, 0.3) is 0 Å². The van der Waals surface area contributed by atoms with E-state index in [0.29, 0.717) is 6.04 Å². The summed E-state index contributed by atoms with van der Waals surface area (Å²) in [5, 5.41) is 6.44. The van der Waals surface area contributed by atoms with Gasteiger partial charge in [0, 0.05) is 24.7 Å². The van der Waals surface area contributed by atoms with Crippen LogP contribution in [0.5, 0.6) is 5.75 Å². The Kier molecular flexibility index (Phi) is 12.0. The second-order valence-electron chi connectivity index (χ2n) is 7.79. The molecule has 5 nitrogen and oxygen atoms in total. The monoisotopic (exact) mass is 419 g/mol. The van der Waals surface area contributed by atoms with E-state index < -0.39 is 0 Å². The van der Waals surface area contributed by atoms with Crippen molar-refractivity contribution in [1.82, 2.24) is 15.5 Å². The van der Waals surface area contributed by atoms with Crippen molar-refractivity contribution in [3.8, 4) is 5.75 Å². The number of likely N-dealkylation sites (tertiary alicyclic amines) is 1. The van der Waals surface area contributed by atoms with E-state index in [-0.39, 0.29) is 42.9 Å². The number of hydrogen-bond donors (Lipinski definition) is 2. The summed E-state index contributed by atoms with van der Waals surface area (Å²) < 4.78 is 5.54. The molecule has 0 radical (unpaired) electrons. The Morgan fingerprint density at radius 2 is 1.89 bits per heavy atom. The fourth-order valence-corrected chi connectivity index (χ4v) is 3.23. The molecule has 0 saturated carbocycles. The molecule has 1 aromatic rings. The van der Waals surface area contributed by atoms with E-state index in [4.69, 9.17) is 4.74 Å². The van der Waals surface area contributed by atoms with Crippen LogP contribution in [-0.4, -0.2) is 48.6 Å². The Bertz CT molecular complexity index is 547. The summed E-state index contributed by atoms with van der Waals surface area (Å²) in [6, 6.07) is 8.63. The molecule has 1 aliphatic rings. The molecule has 27 heavy (non-hydrogen) atoms. The summed E-state index contributed by atoms with van der Waals surface area (Å²) in [7, 11) is 0. The zero-order valence-electron chi connectivity index (χ0n) is 16.9. The number of ether oxygens (including phenoxy) is 1. The maximum absolute atomic E-state index is 11.8. The van der Waals surface area contributed by atoms with Gasteiger partial charge in [0.1, 0.15) is 5.75 Å². The zero-order chi connectivity index (χ0) is 18.3. The van der Waals surface area contributed by atoms with Crippen molar-refractivity contribution < 1.29 is 9.53 Å². The summed E-state index contributed by atoms with van der Waals surface area (Å²) in [5.74, 6) is 0.621. The molecule has 1 heterocycles. The van der Waals surface area contributed by atoms with Crippen molar-refractivity contribution in [2.75, 3.05) is 26.2 Å². The highest BCUT2D eigenvalue weighted by atomic mass is 35.5. The van der Waals surface area contributed by atoms with Crippen molar-refractivity contribution >= 4 is 30.7 Å². The van der Waals surface area contributed by atoms with E-state index in [1.807, 2.05) is 32.9 Å². The first-order chi connectivity index (χ1) is 11.9. The largest absolute Gasteiger partial charge is 0.484 e. The van der Waals surface area contributed by atoms with Gasteiger partial charge in [0.2, 0.25) is 0 Å². The average molecular weight is 420 g/mol. The molecule has 1 fully saturated rings. The van der Waals surface area contributed by atoms with Crippen molar-refractivity contribution in [2.45, 2.75) is 58.7 Å². The number of halogens is 2. The van der Waals surface area contributed by atoms with Crippen LogP contribution in [-0.2, 0) is 11.3 Å². The van der Waals surface area contributed by atoms with Gasteiger partial charge in [-0.15, -0.1) is 24.8 Å². The molecule has 2 rings (SSSR count). The molecule has 1 aromatic carbocycles. The van der Waals surface area contributed by atoms with Crippen LogP contribution >= 0.6 is 24.8 Å². The predicted molar refractivity (Wildman–Crippen MR) is 116 cm³/mol. The fraction of sp³-hybridized carbons (Fsp3) is 0.650. The lowest BCUT2D eigenvalue weighted by molar-refractivity contribution is -0.124. The van der Waals surface area contributed by atoms with E-state index in [2.05, 4.69) is 34.6 Å². The van der Waals surface area contributed by atoms with Gasteiger partial charge in [-0.3, -0.25) is 9.69 Å². The Balaban J connectivity index is 0.00000338. The van der Waals surface area contributed by atoms with Crippen LogP contribution in [0.3, 0.4) is 0 Å². The average Bonchev–Trinajstić information content (AvgIpc) is 3.00. The van der Waals surface area contributed by atoms with E-state index >= 15 is 0 Å². The Morgan fingerprint density at radius 1 is 1.22 bits per heavy atom. The first kappa shape index (κ1) is 26.0. The Hall–Kier alpha value is -1.01. The molecule has 156 valence electrons. The van der Waals surface area contributed by atoms with Crippen molar-refractivity contribution in [1.29, 1.82) is 0 Å². The molecule has 0 bridgehead atoms. The number of benzene rings is 1. The number of hydrogen-bond acceptors (Lipinski definition) is 4. The van der Waals surface area contributed by atoms with E-state index in [1.54, 1.807) is 0 Å². The molecular weight excluding hydrogens is 385 g/mol. The third-order valence-corrected chi connectivity index (χ3v) is 4.42. The van der Waals surface area contributed by atoms with Gasteiger partial charge in [-0.2, -0.15) is 0 Å². The summed E-state index contributed by atoms with van der Waals surface area (Å²) in [5.41, 5.74) is 0.996. The smallest absolute Gasteiger partial charge is 0.258 e. The van der Waals surface area contributed by atoms with Crippen molar-refractivity contribution in [2.24, 2.45) is 0 Å². The normalized spacial score (nSPS) is 17.0. The lowest BCUT2D eigenvalue weighted by Gasteiger charge is -2.23. The van der Waals surface area contributed by atoms with Gasteiger partial charge < -0.3 is 15.4 Å². The zero-order valence-corrected chi connectivity index (χ0v) is 18.5. The molecule has 0 aromatic heterocycles. The molecule has 1 aliphatic heterocycles. The molecule has 0 aliphatic carbocycles. The Labute approximate surface area is 176 Å². The molecule has 2 N–H and O–H groups in total. The number of likely N-dealkylation sites (N-methyl/N-ethyl adjacent to an activating group) is 1. The first-order valence-corrected chi connectivity index (χ1v) is 9.35. The Morgan fingerprint density at radius 3 is 2.48 bits per heavy atom. The molecular formula is C20H35Cl2N3O2. The second kappa shape index (κ2) is 12.4. The molecule has 1 saturated heterocycles. The fourth-order valence-electron chi connectivity index (χ4n) is 3.23. The number of carbonyl (C=O) groups excluding carboxylic acids is 1. The van der Waals surface area contributed by atoms with Crippen LogP contribution in [0, 0.1) is 0 Å². The number of nitrogens with one attached hydrogen (secondary N) is 2. The van der Waals surface area contributed by atoms with Crippen molar-refractivity contribution in [3.63, 3.8) is 0 Å². The standard InChI is InChI=1S/C20H33N3O2.2ClH/c1-5-23-12-6-7-17(23)14-21-13-16-8-10-18(11-9-16)25-15-19(24)22-20(2,3)4;;/h8-11,17,21H,5-7,12-15H2,1-4H3,(H,22,24);2*1H. The molecule has 1 atom stereocenters. The van der Waals surface area contributed by atoms with E-state index in [1.165, 1.54) is 24.9 Å². The highest BCUT2D eigenvalue weighted by Crippen LogP contribution is 2.16. The highest BCUT2D eigenvalue weighted by Gasteiger charge is 2.22. The van der Waals surface area contributed by atoms with Crippen LogP contribution < -0.4 is 15.4 Å². The summed E-state index contributed by atoms with van der Waals surface area (Å²) in [4.78, 5) is 14.3. The molecule has 0 spiro atoms. The van der Waals surface area contributed by atoms with Gasteiger partial charge in [-0.1, -0.05) is 19.1 Å². The minimum atomic E-state index is -0.233. The molecule has 1 unspecified atom stereocenters. The molecule has 7 heteroatoms. The topological polar surface area (TPSA) is 53.6 Å². The molecule has 1 amide bonds. The number of rotatable bonds is 8. The number of nitrogens with zero attached hydrogens (tertiary/aromatic N) is 1. The summed E-state index contributed by atoms with van der Waals surface area (Å²) >= 11 is 0. The maximum Gasteiger partial charge on any atom is 0.258 e. The lowest BCUT2D eigenvalue weighted by atomic mass is 10.1. The van der Waals surface area contributed by atoms with Crippen LogP contribution in [0.15, 0.2) is 24.3 Å². The summed E-state index contributed by atoms with van der Waals surface area (Å²) in [6.45, 7) is 12.4. The van der Waals surface area contributed by atoms with Crippen LogP contribution in [0.2, 0.25) is 0 Å². The van der Waals surface area contributed by atoms with E-state index in [0.717, 1.165) is 25.4 Å². The van der Waals surface area contributed by atoms with Crippen LogP contribution in [0.1, 0.15) is 46.1 Å². The number of amides is 1. The first-order valence-electron chi connectivity index (χ1n) is 9.35. The quantitative estimate of drug-likeness (QED) is 0.677. The van der Waals surface area contributed by atoms with Gasteiger partial charge in [0.25, 0.3) is 5.91 Å². The minimum absolute atomic E-state index is 0. The highest BCUT2D eigenvalue weighted by molar-refractivity contribution is 5.85. The van der Waals surface area contributed by atoms with E-state index in [9.17, 15) is 4.79 Å². The lowest BCUT2D eigenvalue weighted by Crippen LogP contribution is -2.43. The van der Waals surface area contributed by atoms with Crippen LogP contribution in [0.4, 0.5) is 0 Å². The second-order valence-corrected chi connectivity index (χ2v) is 7.79. The van der Waals surface area contributed by atoms with Crippen molar-refractivity contribution in [3.05, 3.63) is 29.8 Å². The van der Waals surface area contributed by atoms with Gasteiger partial charge in [0.05, 0.1) is 0 Å². The summed E-state index contributed by atoms with van der Waals surface area (Å²) in [6.07, 6.45) is 2.61. The third-order valence-electron chi connectivity index (χ3n) is 4.42. The third kappa shape index (κ3) is 9.65. The predicted octanol–water partition coefficient (Wildman–Crippen LogP) is 3.40. The van der Waals surface area contributed by atoms with Gasteiger partial charge in [-0.25, -0.2) is 0 Å². The van der Waals surface area contributed by atoms with Gasteiger partial charge in [0.15, 0.2) is 6.61 Å². The minimum Gasteiger partial charge on any atom is -0.484 e. The maximum atomic E-state index is 11.8. The SMILES string of the molecule is CCN1CCCC1CNCc1ccc(OCC(=O)NC(C)(C)C)cc1.Cl.Cl. The number of carbonyl (C=O) groups is 1. The van der Waals surface area contributed by atoms with Gasteiger partial charge >= 0.3 is 0 Å². The van der Waals surface area contributed by atoms with Gasteiger partial charge in [-0.05, 0) is 64.4 Å².